The van der Waals surface area contributed by atoms with Gasteiger partial charge in [0.2, 0.25) is 10.0 Å². The third-order valence-electron chi connectivity index (χ3n) is 5.89. The van der Waals surface area contributed by atoms with Gasteiger partial charge in [0.15, 0.2) is 0 Å². The van der Waals surface area contributed by atoms with Gasteiger partial charge in [-0.05, 0) is 79.6 Å². The highest BCUT2D eigenvalue weighted by Gasteiger charge is 2.26. The SMILES string of the molecule is C[C@H](CN(CCc1ccccc1)C(=O)OC(C)(C)C)NS(=O)(=O)c1ccc2cncc(-c3ccsc3)c2c1. The average molecular weight is 552 g/mol. The van der Waals surface area contributed by atoms with Crippen LogP contribution in [0.2, 0.25) is 0 Å². The van der Waals surface area contributed by atoms with E-state index in [-0.39, 0.29) is 11.4 Å². The highest BCUT2D eigenvalue weighted by molar-refractivity contribution is 7.89. The van der Waals surface area contributed by atoms with Gasteiger partial charge in [0.05, 0.1) is 4.90 Å². The normalized spacial score (nSPS) is 12.8. The topological polar surface area (TPSA) is 88.6 Å². The number of fused-ring (bicyclic) bond motifs is 1. The number of carbonyl (C=O) groups is 1. The molecule has 0 bridgehead atoms. The molecule has 1 N–H and O–H groups in total. The summed E-state index contributed by atoms with van der Waals surface area (Å²) >= 11 is 1.57. The Morgan fingerprint density at radius 1 is 1.11 bits per heavy atom. The van der Waals surface area contributed by atoms with Gasteiger partial charge in [-0.15, -0.1) is 0 Å². The molecule has 0 unspecified atom stereocenters. The molecule has 200 valence electrons. The summed E-state index contributed by atoms with van der Waals surface area (Å²) in [5.41, 5.74) is 2.30. The Morgan fingerprint density at radius 3 is 2.55 bits per heavy atom. The molecule has 0 aliphatic rings. The van der Waals surface area contributed by atoms with Crippen molar-refractivity contribution >= 4 is 38.2 Å². The van der Waals surface area contributed by atoms with E-state index in [1.54, 1.807) is 53.8 Å². The number of thiophene rings is 1. The second-order valence-corrected chi connectivity index (χ2v) is 12.8. The molecule has 38 heavy (non-hydrogen) atoms. The molecule has 0 spiro atoms. The van der Waals surface area contributed by atoms with E-state index in [1.807, 2.05) is 67.9 Å². The Labute approximate surface area is 228 Å². The van der Waals surface area contributed by atoms with Crippen LogP contribution in [0.4, 0.5) is 4.79 Å². The molecule has 4 rings (SSSR count). The Balaban J connectivity index is 1.53. The van der Waals surface area contributed by atoms with E-state index >= 15 is 0 Å². The summed E-state index contributed by atoms with van der Waals surface area (Å²) < 4.78 is 35.1. The second kappa shape index (κ2) is 11.6. The fraction of sp³-hybridized carbons (Fsp3) is 0.310. The summed E-state index contributed by atoms with van der Waals surface area (Å²) in [5.74, 6) is 0. The van der Waals surface area contributed by atoms with Crippen molar-refractivity contribution in [2.24, 2.45) is 0 Å². The van der Waals surface area contributed by atoms with Crippen LogP contribution in [0.5, 0.6) is 0 Å². The summed E-state index contributed by atoms with van der Waals surface area (Å²) in [6.07, 6.45) is 3.63. The quantitative estimate of drug-likeness (QED) is 0.271. The lowest BCUT2D eigenvalue weighted by molar-refractivity contribution is 0.0241. The lowest BCUT2D eigenvalue weighted by Crippen LogP contribution is -2.46. The molecular weight excluding hydrogens is 518 g/mol. The zero-order valence-electron chi connectivity index (χ0n) is 22.0. The maximum absolute atomic E-state index is 13.4. The van der Waals surface area contributed by atoms with Gasteiger partial charge in [0.25, 0.3) is 0 Å². The highest BCUT2D eigenvalue weighted by atomic mass is 32.2. The molecule has 7 nitrogen and oxygen atoms in total. The van der Waals surface area contributed by atoms with E-state index in [0.717, 1.165) is 27.5 Å². The van der Waals surface area contributed by atoms with Crippen molar-refractivity contribution < 1.29 is 17.9 Å². The maximum atomic E-state index is 13.4. The second-order valence-electron chi connectivity index (χ2n) is 10.3. The molecule has 0 aliphatic carbocycles. The Morgan fingerprint density at radius 2 is 1.87 bits per heavy atom. The van der Waals surface area contributed by atoms with Crippen molar-refractivity contribution in [3.8, 4) is 11.1 Å². The third kappa shape index (κ3) is 7.18. The van der Waals surface area contributed by atoms with Crippen LogP contribution in [0.1, 0.15) is 33.3 Å². The molecule has 0 fully saturated rings. The minimum Gasteiger partial charge on any atom is -0.444 e. The van der Waals surface area contributed by atoms with Crippen LogP contribution in [-0.2, 0) is 21.2 Å². The van der Waals surface area contributed by atoms with E-state index in [2.05, 4.69) is 9.71 Å². The van der Waals surface area contributed by atoms with E-state index < -0.39 is 27.8 Å². The maximum Gasteiger partial charge on any atom is 0.410 e. The third-order valence-corrected chi connectivity index (χ3v) is 8.16. The first-order valence-corrected chi connectivity index (χ1v) is 14.9. The van der Waals surface area contributed by atoms with Crippen LogP contribution < -0.4 is 4.72 Å². The van der Waals surface area contributed by atoms with Crippen LogP contribution in [0.15, 0.2) is 82.6 Å². The lowest BCUT2D eigenvalue weighted by atomic mass is 10.0. The minimum absolute atomic E-state index is 0.160. The Kier molecular flexibility index (Phi) is 8.50. The fourth-order valence-electron chi connectivity index (χ4n) is 4.15. The van der Waals surface area contributed by atoms with Crippen molar-refractivity contribution in [2.45, 2.75) is 50.7 Å². The Hall–Kier alpha value is -3.27. The van der Waals surface area contributed by atoms with Gasteiger partial charge in [0.1, 0.15) is 5.60 Å². The smallest absolute Gasteiger partial charge is 0.410 e. The molecule has 2 heterocycles. The number of aromatic nitrogens is 1. The van der Waals surface area contributed by atoms with Crippen LogP contribution >= 0.6 is 11.3 Å². The van der Waals surface area contributed by atoms with Crippen LogP contribution in [0.25, 0.3) is 21.9 Å². The number of nitrogens with zero attached hydrogens (tertiary/aromatic N) is 2. The van der Waals surface area contributed by atoms with Gasteiger partial charge in [-0.2, -0.15) is 11.3 Å². The van der Waals surface area contributed by atoms with E-state index in [1.165, 1.54) is 0 Å². The fourth-order valence-corrected chi connectivity index (χ4v) is 6.07. The van der Waals surface area contributed by atoms with Gasteiger partial charge in [0, 0.05) is 42.5 Å². The highest BCUT2D eigenvalue weighted by Crippen LogP contribution is 2.30. The van der Waals surface area contributed by atoms with E-state index in [0.29, 0.717) is 13.0 Å². The number of ether oxygens (including phenoxy) is 1. The molecule has 0 radical (unpaired) electrons. The molecule has 0 aliphatic heterocycles. The number of pyridine rings is 1. The van der Waals surface area contributed by atoms with Crippen LogP contribution in [0, 0.1) is 0 Å². The van der Waals surface area contributed by atoms with Crippen molar-refractivity contribution in [1.82, 2.24) is 14.6 Å². The number of hydrogen-bond donors (Lipinski definition) is 1. The van der Waals surface area contributed by atoms with Crippen molar-refractivity contribution in [3.63, 3.8) is 0 Å². The number of rotatable bonds is 9. The molecule has 0 saturated heterocycles. The molecule has 4 aromatic rings. The van der Waals surface area contributed by atoms with Crippen molar-refractivity contribution in [1.29, 1.82) is 0 Å². The van der Waals surface area contributed by atoms with Crippen LogP contribution in [-0.4, -0.2) is 49.1 Å². The Bertz CT molecular complexity index is 1480. The summed E-state index contributed by atoms with van der Waals surface area (Å²) in [5, 5.41) is 5.66. The minimum atomic E-state index is -3.86. The molecular formula is C29H33N3O4S2. The molecule has 2 aromatic heterocycles. The van der Waals surface area contributed by atoms with Gasteiger partial charge in [-0.1, -0.05) is 36.4 Å². The predicted molar refractivity (Wildman–Crippen MR) is 153 cm³/mol. The number of amides is 1. The first-order valence-electron chi connectivity index (χ1n) is 12.5. The monoisotopic (exact) mass is 551 g/mol. The van der Waals surface area contributed by atoms with Gasteiger partial charge < -0.3 is 9.64 Å². The molecule has 1 atom stereocenters. The van der Waals surface area contributed by atoms with Crippen molar-refractivity contribution in [2.75, 3.05) is 13.1 Å². The number of hydrogen-bond acceptors (Lipinski definition) is 6. The number of benzene rings is 2. The van der Waals surface area contributed by atoms with Crippen molar-refractivity contribution in [3.05, 3.63) is 83.3 Å². The standard InChI is InChI=1S/C29H33N3O4S2/c1-21(19-32(28(33)36-29(2,3)4)14-12-22-8-6-5-7-9-22)31-38(34,35)25-11-10-23-17-30-18-27(26(23)16-25)24-13-15-37-20-24/h5-11,13,15-18,20-21,31H,12,14,19H2,1-4H3/t21-/m1/s1. The van der Waals surface area contributed by atoms with E-state index in [4.69, 9.17) is 4.74 Å². The number of sulfonamides is 1. The summed E-state index contributed by atoms with van der Waals surface area (Å²) in [4.78, 5) is 19.0. The lowest BCUT2D eigenvalue weighted by Gasteiger charge is -2.29. The molecule has 9 heteroatoms. The zero-order valence-corrected chi connectivity index (χ0v) is 23.7. The molecule has 2 aromatic carbocycles. The molecule has 1 amide bonds. The van der Waals surface area contributed by atoms with E-state index in [9.17, 15) is 13.2 Å². The van der Waals surface area contributed by atoms with Crippen LogP contribution in [0.3, 0.4) is 0 Å². The first-order chi connectivity index (χ1) is 18.0. The average Bonchev–Trinajstić information content (AvgIpc) is 3.40. The summed E-state index contributed by atoms with van der Waals surface area (Å²) in [6.45, 7) is 7.75. The number of carbonyl (C=O) groups excluding carboxylic acids is 1. The van der Waals surface area contributed by atoms with Gasteiger partial charge in [-0.25, -0.2) is 17.9 Å². The molecule has 0 saturated carbocycles. The largest absolute Gasteiger partial charge is 0.444 e. The summed E-state index contributed by atoms with van der Waals surface area (Å²) in [6, 6.07) is 16.3. The summed E-state index contributed by atoms with van der Waals surface area (Å²) in [7, 11) is -3.86. The van der Waals surface area contributed by atoms with Gasteiger partial charge >= 0.3 is 6.09 Å². The predicted octanol–water partition coefficient (Wildman–Crippen LogP) is 6.11. The van der Waals surface area contributed by atoms with Gasteiger partial charge in [-0.3, -0.25) is 4.98 Å². The first kappa shape index (κ1) is 27.8. The zero-order chi connectivity index (χ0) is 27.3. The number of nitrogens with one attached hydrogen (secondary N) is 1.